The number of amides is 1. The van der Waals surface area contributed by atoms with E-state index >= 15 is 0 Å². The molecule has 158 valence electrons. The number of hydrogen-bond acceptors (Lipinski definition) is 4. The van der Waals surface area contributed by atoms with Crippen LogP contribution < -0.4 is 10.6 Å². The van der Waals surface area contributed by atoms with Gasteiger partial charge in [-0.1, -0.05) is 6.92 Å². The average molecular weight is 511 g/mol. The van der Waals surface area contributed by atoms with Gasteiger partial charge < -0.3 is 20.1 Å². The fourth-order valence-electron chi connectivity index (χ4n) is 3.45. The van der Waals surface area contributed by atoms with Gasteiger partial charge in [-0.15, -0.1) is 24.0 Å². The number of hydrogen-bond donors (Lipinski definition) is 2. The summed E-state index contributed by atoms with van der Waals surface area (Å²) >= 11 is 0. The Hall–Kier alpha value is -2.17. The zero-order valence-electron chi connectivity index (χ0n) is 17.0. The molecule has 0 spiro atoms. The molecule has 0 bridgehead atoms. The Kier molecular flexibility index (Phi) is 9.36. The van der Waals surface area contributed by atoms with Crippen LogP contribution in [0.3, 0.4) is 0 Å². The number of aromatic nitrogens is 3. The molecule has 29 heavy (non-hydrogen) atoms. The van der Waals surface area contributed by atoms with Crippen LogP contribution in [0.4, 0.5) is 0 Å². The number of likely N-dealkylation sites (tertiary alicyclic amines) is 1. The van der Waals surface area contributed by atoms with Gasteiger partial charge in [-0.25, -0.2) is 4.98 Å². The fraction of sp³-hybridized carbons (Fsp3) is 0.500. The van der Waals surface area contributed by atoms with Crippen molar-refractivity contribution in [2.45, 2.75) is 26.3 Å². The Morgan fingerprint density at radius 3 is 2.86 bits per heavy atom. The highest BCUT2D eigenvalue weighted by molar-refractivity contribution is 14.0. The van der Waals surface area contributed by atoms with Crippen molar-refractivity contribution in [1.29, 1.82) is 0 Å². The van der Waals surface area contributed by atoms with Crippen LogP contribution in [-0.2, 0) is 0 Å². The zero-order valence-corrected chi connectivity index (χ0v) is 19.3. The highest BCUT2D eigenvalue weighted by Gasteiger charge is 2.28. The van der Waals surface area contributed by atoms with E-state index in [4.69, 9.17) is 4.99 Å². The van der Waals surface area contributed by atoms with Gasteiger partial charge in [0.2, 0.25) is 0 Å². The third-order valence-corrected chi connectivity index (χ3v) is 5.04. The van der Waals surface area contributed by atoms with Crippen molar-refractivity contribution in [3.8, 4) is 0 Å². The minimum Gasteiger partial charge on any atom is -0.357 e. The standard InChI is InChI=1S/C20H29N7O.HI/c1-3-23-20(25-9-8-24-19(28)17-5-4-7-21-13-17)26-11-6-16(2)18(14-26)27-12-10-22-15-27;/h4-5,7,10,12-13,15-16,18H,3,6,8-9,11,14H2,1-2H3,(H,23,25)(H,24,28);1H. The first-order valence-electron chi connectivity index (χ1n) is 9.88. The molecule has 1 amide bonds. The van der Waals surface area contributed by atoms with E-state index in [9.17, 15) is 4.79 Å². The second kappa shape index (κ2) is 11.7. The normalized spacial score (nSPS) is 19.4. The molecule has 8 nitrogen and oxygen atoms in total. The molecule has 1 fully saturated rings. The number of halogens is 1. The summed E-state index contributed by atoms with van der Waals surface area (Å²) in [6, 6.07) is 3.89. The summed E-state index contributed by atoms with van der Waals surface area (Å²) in [5.74, 6) is 1.36. The summed E-state index contributed by atoms with van der Waals surface area (Å²) in [7, 11) is 0. The van der Waals surface area contributed by atoms with Gasteiger partial charge in [0.25, 0.3) is 5.91 Å². The third-order valence-electron chi connectivity index (χ3n) is 5.04. The predicted molar refractivity (Wildman–Crippen MR) is 125 cm³/mol. The number of nitrogens with one attached hydrogen (secondary N) is 2. The maximum Gasteiger partial charge on any atom is 0.252 e. The molecule has 0 saturated carbocycles. The second-order valence-corrected chi connectivity index (χ2v) is 7.02. The predicted octanol–water partition coefficient (Wildman–Crippen LogP) is 2.17. The third kappa shape index (κ3) is 6.41. The summed E-state index contributed by atoms with van der Waals surface area (Å²) < 4.78 is 2.19. The molecule has 2 N–H and O–H groups in total. The molecule has 1 aliphatic rings. The van der Waals surface area contributed by atoms with E-state index in [0.29, 0.717) is 30.6 Å². The first-order valence-corrected chi connectivity index (χ1v) is 9.88. The van der Waals surface area contributed by atoms with Crippen LogP contribution in [0.15, 0.2) is 48.2 Å². The van der Waals surface area contributed by atoms with Crippen molar-refractivity contribution >= 4 is 35.8 Å². The van der Waals surface area contributed by atoms with Crippen LogP contribution in [0, 0.1) is 5.92 Å². The molecule has 0 aromatic carbocycles. The van der Waals surface area contributed by atoms with Gasteiger partial charge in [-0.05, 0) is 31.4 Å². The van der Waals surface area contributed by atoms with Crippen LogP contribution in [0.2, 0.25) is 0 Å². The molecule has 1 aliphatic heterocycles. The van der Waals surface area contributed by atoms with Gasteiger partial charge in [0.1, 0.15) is 0 Å². The summed E-state index contributed by atoms with van der Waals surface area (Å²) in [5.41, 5.74) is 0.562. The number of imidazole rings is 1. The molecule has 1 saturated heterocycles. The summed E-state index contributed by atoms with van der Waals surface area (Å²) in [4.78, 5) is 27.3. The number of carbonyl (C=O) groups excluding carboxylic acids is 1. The van der Waals surface area contributed by atoms with Gasteiger partial charge >= 0.3 is 0 Å². The molecule has 2 unspecified atom stereocenters. The lowest BCUT2D eigenvalue weighted by molar-refractivity contribution is 0.0954. The summed E-state index contributed by atoms with van der Waals surface area (Å²) in [6.07, 6.45) is 10.1. The van der Waals surface area contributed by atoms with Gasteiger partial charge in [0, 0.05) is 51.0 Å². The van der Waals surface area contributed by atoms with Crippen molar-refractivity contribution in [2.75, 3.05) is 32.7 Å². The Bertz CT molecular complexity index is 766. The van der Waals surface area contributed by atoms with Crippen molar-refractivity contribution in [2.24, 2.45) is 10.9 Å². The minimum atomic E-state index is -0.125. The summed E-state index contributed by atoms with van der Waals surface area (Å²) in [6.45, 7) is 8.04. The van der Waals surface area contributed by atoms with Crippen LogP contribution in [-0.4, -0.2) is 64.0 Å². The maximum absolute atomic E-state index is 12.1. The number of pyridine rings is 1. The van der Waals surface area contributed by atoms with Crippen molar-refractivity contribution in [3.05, 3.63) is 48.8 Å². The fourth-order valence-corrected chi connectivity index (χ4v) is 3.45. The van der Waals surface area contributed by atoms with Crippen LogP contribution in [0.25, 0.3) is 0 Å². The van der Waals surface area contributed by atoms with Gasteiger partial charge in [0.15, 0.2) is 5.96 Å². The van der Waals surface area contributed by atoms with Crippen LogP contribution in [0.5, 0.6) is 0 Å². The van der Waals surface area contributed by atoms with E-state index in [1.165, 1.54) is 0 Å². The monoisotopic (exact) mass is 511 g/mol. The first kappa shape index (κ1) is 23.1. The van der Waals surface area contributed by atoms with Crippen LogP contribution in [0.1, 0.15) is 36.7 Å². The largest absolute Gasteiger partial charge is 0.357 e. The van der Waals surface area contributed by atoms with E-state index < -0.39 is 0 Å². The lowest BCUT2D eigenvalue weighted by atomic mass is 9.93. The van der Waals surface area contributed by atoms with Crippen molar-refractivity contribution in [1.82, 2.24) is 30.1 Å². The second-order valence-electron chi connectivity index (χ2n) is 7.02. The highest BCUT2D eigenvalue weighted by Crippen LogP contribution is 2.27. The number of guanidine groups is 1. The van der Waals surface area contributed by atoms with Gasteiger partial charge in [-0.3, -0.25) is 14.8 Å². The zero-order chi connectivity index (χ0) is 19.8. The maximum atomic E-state index is 12.1. The smallest absolute Gasteiger partial charge is 0.252 e. The molecule has 0 aliphatic carbocycles. The van der Waals surface area contributed by atoms with Crippen LogP contribution >= 0.6 is 24.0 Å². The SMILES string of the molecule is CCNC(=NCCNC(=O)c1cccnc1)N1CCC(C)C(n2ccnc2)C1.I. The van der Waals surface area contributed by atoms with Crippen molar-refractivity contribution in [3.63, 3.8) is 0 Å². The molecule has 2 aromatic rings. The van der Waals surface area contributed by atoms with E-state index in [2.05, 4.69) is 43.9 Å². The lowest BCUT2D eigenvalue weighted by Gasteiger charge is -2.39. The highest BCUT2D eigenvalue weighted by atomic mass is 127. The Labute approximate surface area is 189 Å². The molecular formula is C20H30IN7O. The van der Waals surface area contributed by atoms with E-state index in [1.807, 2.05) is 18.7 Å². The molecule has 3 heterocycles. The number of carbonyl (C=O) groups is 1. The summed E-state index contributed by atoms with van der Waals surface area (Å²) in [5, 5.41) is 6.27. The van der Waals surface area contributed by atoms with Crippen molar-refractivity contribution < 1.29 is 4.79 Å². The molecule has 0 radical (unpaired) electrons. The number of piperidine rings is 1. The van der Waals surface area contributed by atoms with Gasteiger partial charge in [-0.2, -0.15) is 0 Å². The quantitative estimate of drug-likeness (QED) is 0.269. The molecule has 2 aromatic heterocycles. The number of aliphatic imine (C=N–C) groups is 1. The molecule has 2 atom stereocenters. The Morgan fingerprint density at radius 1 is 1.31 bits per heavy atom. The Balaban J connectivity index is 0.00000300. The number of nitrogens with zero attached hydrogens (tertiary/aromatic N) is 5. The lowest BCUT2D eigenvalue weighted by Crippen LogP contribution is -2.49. The number of rotatable bonds is 6. The molecular weight excluding hydrogens is 481 g/mol. The van der Waals surface area contributed by atoms with E-state index in [0.717, 1.165) is 32.0 Å². The van der Waals surface area contributed by atoms with E-state index in [-0.39, 0.29) is 29.9 Å². The Morgan fingerprint density at radius 2 is 2.17 bits per heavy atom. The topological polar surface area (TPSA) is 87.4 Å². The molecule has 3 rings (SSSR count). The first-order chi connectivity index (χ1) is 13.7. The van der Waals surface area contributed by atoms with E-state index in [1.54, 1.807) is 24.5 Å². The van der Waals surface area contributed by atoms with Gasteiger partial charge in [0.05, 0.1) is 24.5 Å². The molecule has 9 heteroatoms. The average Bonchev–Trinajstić information content (AvgIpc) is 3.26. The minimum absolute atomic E-state index is 0.